The minimum Gasteiger partial charge on any atom is -0.371 e. The van der Waals surface area contributed by atoms with Crippen LogP contribution in [-0.2, 0) is 10.0 Å². The monoisotopic (exact) mass is 238 g/mol. The highest BCUT2D eigenvalue weighted by atomic mass is 32.2. The largest absolute Gasteiger partial charge is 0.371 e. The van der Waals surface area contributed by atoms with E-state index in [2.05, 4.69) is 4.90 Å². The third kappa shape index (κ3) is 1.43. The van der Waals surface area contributed by atoms with E-state index < -0.39 is 10.0 Å². The Kier molecular flexibility index (Phi) is 2.03. The summed E-state index contributed by atoms with van der Waals surface area (Å²) in [7, 11) is -3.57. The van der Waals surface area contributed by atoms with Gasteiger partial charge in [-0.2, -0.15) is 0 Å². The Bertz CT molecular complexity index is 531. The Balaban J connectivity index is 2.16. The zero-order valence-electron chi connectivity index (χ0n) is 8.89. The van der Waals surface area contributed by atoms with Crippen LogP contribution in [0.15, 0.2) is 23.1 Å². The second kappa shape index (κ2) is 3.21. The topological polar surface area (TPSA) is 63.4 Å². The minimum absolute atomic E-state index is 0.236. The van der Waals surface area contributed by atoms with Gasteiger partial charge in [0.2, 0.25) is 10.0 Å². The van der Waals surface area contributed by atoms with Gasteiger partial charge >= 0.3 is 0 Å². The van der Waals surface area contributed by atoms with E-state index in [4.69, 9.17) is 5.14 Å². The molecule has 1 aromatic carbocycles. The SMILES string of the molecule is NS(=O)(=O)c1ccc2c(c1)C1CCN2CC1. The molecule has 3 aliphatic rings. The maximum Gasteiger partial charge on any atom is 0.238 e. The normalized spacial score (nSPS) is 19.9. The van der Waals surface area contributed by atoms with Crippen LogP contribution >= 0.6 is 0 Å². The fourth-order valence-electron chi connectivity index (χ4n) is 2.76. The van der Waals surface area contributed by atoms with Crippen molar-refractivity contribution in [1.29, 1.82) is 0 Å². The Labute approximate surface area is 95.1 Å². The van der Waals surface area contributed by atoms with Crippen molar-refractivity contribution in [2.24, 2.45) is 5.14 Å². The summed E-state index contributed by atoms with van der Waals surface area (Å²) >= 11 is 0. The number of sulfonamides is 1. The summed E-state index contributed by atoms with van der Waals surface area (Å²) in [5.74, 6) is 0.515. The molecule has 4 nitrogen and oxygen atoms in total. The zero-order chi connectivity index (χ0) is 11.3. The zero-order valence-corrected chi connectivity index (χ0v) is 9.70. The Morgan fingerprint density at radius 3 is 2.56 bits per heavy atom. The standard InChI is InChI=1S/C11H14N2O2S/c12-16(14,15)9-1-2-11-10(7-9)8-3-5-13(11)6-4-8/h1-2,7-8H,3-6H2,(H2,12,14,15). The molecule has 1 aromatic rings. The number of nitrogens with zero attached hydrogens (tertiary/aromatic N) is 1. The number of primary sulfonamides is 1. The molecule has 4 rings (SSSR count). The predicted octanol–water partition coefficient (Wildman–Crippen LogP) is 1.03. The summed E-state index contributed by atoms with van der Waals surface area (Å²) in [6.45, 7) is 2.18. The molecular weight excluding hydrogens is 224 g/mol. The van der Waals surface area contributed by atoms with Gasteiger partial charge in [-0.15, -0.1) is 0 Å². The van der Waals surface area contributed by atoms with Crippen LogP contribution in [0.3, 0.4) is 0 Å². The van der Waals surface area contributed by atoms with E-state index in [-0.39, 0.29) is 4.90 Å². The van der Waals surface area contributed by atoms with Gasteiger partial charge in [0.1, 0.15) is 0 Å². The third-order valence-corrected chi connectivity index (χ3v) is 4.51. The number of piperidine rings is 1. The van der Waals surface area contributed by atoms with Crippen LogP contribution in [-0.4, -0.2) is 21.5 Å². The van der Waals surface area contributed by atoms with Crippen LogP contribution in [0.2, 0.25) is 0 Å². The number of anilines is 1. The molecule has 0 amide bonds. The number of fused-ring (bicyclic) bond motifs is 2. The third-order valence-electron chi connectivity index (χ3n) is 3.60. The van der Waals surface area contributed by atoms with Gasteiger partial charge in [-0.05, 0) is 42.5 Å². The highest BCUT2D eigenvalue weighted by Crippen LogP contribution is 2.42. The van der Waals surface area contributed by atoms with E-state index in [1.165, 1.54) is 5.69 Å². The molecule has 1 fully saturated rings. The summed E-state index contributed by atoms with van der Waals surface area (Å²) in [6, 6.07) is 5.25. The van der Waals surface area contributed by atoms with Crippen LogP contribution in [0.1, 0.15) is 24.3 Å². The highest BCUT2D eigenvalue weighted by molar-refractivity contribution is 7.89. The lowest BCUT2D eigenvalue weighted by Gasteiger charge is -2.42. The van der Waals surface area contributed by atoms with Gasteiger partial charge < -0.3 is 4.90 Å². The van der Waals surface area contributed by atoms with Crippen molar-refractivity contribution in [3.05, 3.63) is 23.8 Å². The van der Waals surface area contributed by atoms with Gasteiger partial charge in [0.25, 0.3) is 0 Å². The Morgan fingerprint density at radius 2 is 1.94 bits per heavy atom. The molecule has 0 unspecified atom stereocenters. The fourth-order valence-corrected chi connectivity index (χ4v) is 3.30. The average Bonchev–Trinajstić information content (AvgIpc) is 2.29. The predicted molar refractivity (Wildman–Crippen MR) is 62.0 cm³/mol. The van der Waals surface area contributed by atoms with Gasteiger partial charge in [-0.3, -0.25) is 0 Å². The van der Waals surface area contributed by atoms with Crippen LogP contribution in [0.5, 0.6) is 0 Å². The van der Waals surface area contributed by atoms with Crippen LogP contribution in [0.25, 0.3) is 0 Å². The van der Waals surface area contributed by atoms with E-state index in [1.54, 1.807) is 12.1 Å². The van der Waals surface area contributed by atoms with Crippen molar-refractivity contribution in [3.63, 3.8) is 0 Å². The molecule has 0 saturated carbocycles. The van der Waals surface area contributed by atoms with Gasteiger partial charge in [0.05, 0.1) is 4.90 Å². The maximum absolute atomic E-state index is 11.3. The smallest absolute Gasteiger partial charge is 0.238 e. The second-order valence-corrected chi connectivity index (χ2v) is 6.09. The first kappa shape index (κ1) is 10.1. The van der Waals surface area contributed by atoms with Crippen molar-refractivity contribution < 1.29 is 8.42 Å². The molecule has 0 spiro atoms. The van der Waals surface area contributed by atoms with Crippen LogP contribution in [0.4, 0.5) is 5.69 Å². The molecule has 3 heterocycles. The van der Waals surface area contributed by atoms with Crippen molar-refractivity contribution in [1.82, 2.24) is 0 Å². The van der Waals surface area contributed by atoms with Crippen molar-refractivity contribution >= 4 is 15.7 Å². The highest BCUT2D eigenvalue weighted by Gasteiger charge is 2.31. The summed E-state index contributed by atoms with van der Waals surface area (Å²) in [5, 5.41) is 5.15. The molecule has 86 valence electrons. The molecule has 2 bridgehead atoms. The molecule has 16 heavy (non-hydrogen) atoms. The summed E-state index contributed by atoms with van der Waals surface area (Å²) < 4.78 is 22.6. The molecule has 0 aromatic heterocycles. The average molecular weight is 238 g/mol. The number of benzene rings is 1. The Hall–Kier alpha value is -1.07. The second-order valence-electron chi connectivity index (χ2n) is 4.53. The quantitative estimate of drug-likeness (QED) is 0.795. The summed E-state index contributed by atoms with van der Waals surface area (Å²) in [6.07, 6.45) is 2.25. The first-order valence-corrected chi connectivity index (χ1v) is 7.02. The molecule has 0 atom stereocenters. The molecule has 0 radical (unpaired) electrons. The molecule has 3 aliphatic heterocycles. The lowest BCUT2D eigenvalue weighted by molar-refractivity contribution is 0.473. The van der Waals surface area contributed by atoms with E-state index in [9.17, 15) is 8.42 Å². The lowest BCUT2D eigenvalue weighted by Crippen LogP contribution is -2.38. The fraction of sp³-hybridized carbons (Fsp3) is 0.455. The molecule has 2 N–H and O–H groups in total. The Morgan fingerprint density at radius 1 is 1.25 bits per heavy atom. The van der Waals surface area contributed by atoms with Crippen molar-refractivity contribution in [3.8, 4) is 0 Å². The number of hydrogen-bond acceptors (Lipinski definition) is 3. The summed E-state index contributed by atoms with van der Waals surface area (Å²) in [4.78, 5) is 2.56. The molecule has 5 heteroatoms. The lowest BCUT2D eigenvalue weighted by atomic mass is 9.83. The summed E-state index contributed by atoms with van der Waals surface area (Å²) in [5.41, 5.74) is 2.35. The minimum atomic E-state index is -3.57. The van der Waals surface area contributed by atoms with Crippen molar-refractivity contribution in [2.75, 3.05) is 18.0 Å². The molecular formula is C11H14N2O2S. The van der Waals surface area contributed by atoms with Crippen molar-refractivity contribution in [2.45, 2.75) is 23.7 Å². The number of hydrogen-bond donors (Lipinski definition) is 1. The van der Waals surface area contributed by atoms with Crippen LogP contribution < -0.4 is 10.0 Å². The number of nitrogens with two attached hydrogens (primary N) is 1. The van der Waals surface area contributed by atoms with E-state index in [0.717, 1.165) is 31.5 Å². The van der Waals surface area contributed by atoms with Gasteiger partial charge in [-0.25, -0.2) is 13.6 Å². The molecule has 1 saturated heterocycles. The van der Waals surface area contributed by atoms with Gasteiger partial charge in [0.15, 0.2) is 0 Å². The molecule has 0 aliphatic carbocycles. The van der Waals surface area contributed by atoms with Gasteiger partial charge in [0, 0.05) is 18.8 Å². The number of rotatable bonds is 1. The van der Waals surface area contributed by atoms with E-state index in [0.29, 0.717) is 5.92 Å². The van der Waals surface area contributed by atoms with E-state index >= 15 is 0 Å². The van der Waals surface area contributed by atoms with Gasteiger partial charge in [-0.1, -0.05) is 0 Å². The first-order chi connectivity index (χ1) is 7.55. The van der Waals surface area contributed by atoms with E-state index in [1.807, 2.05) is 6.07 Å². The van der Waals surface area contributed by atoms with Crippen LogP contribution in [0, 0.1) is 0 Å². The first-order valence-electron chi connectivity index (χ1n) is 5.47. The maximum atomic E-state index is 11.3.